The van der Waals surface area contributed by atoms with Gasteiger partial charge in [0.1, 0.15) is 17.5 Å². The molecule has 4 nitrogen and oxygen atoms in total. The van der Waals surface area contributed by atoms with Crippen molar-refractivity contribution in [3.05, 3.63) is 65.7 Å². The lowest BCUT2D eigenvalue weighted by Crippen LogP contribution is -2.08. The third kappa shape index (κ3) is 3.90. The van der Waals surface area contributed by atoms with Crippen molar-refractivity contribution in [1.29, 1.82) is 0 Å². The summed E-state index contributed by atoms with van der Waals surface area (Å²) in [5, 5.41) is 0.205. The van der Waals surface area contributed by atoms with Crippen LogP contribution in [-0.2, 0) is 11.3 Å². The third-order valence-electron chi connectivity index (χ3n) is 3.35. The number of hydrogen-bond acceptors (Lipinski definition) is 5. The van der Waals surface area contributed by atoms with E-state index in [1.54, 1.807) is 12.1 Å². The SMILES string of the molecule is O=C(OCc1ccc(F)c2cccnc12)c1cccnc1SC(F)F. The minimum atomic E-state index is -2.70. The molecule has 8 heteroatoms. The van der Waals surface area contributed by atoms with Crippen LogP contribution in [0.25, 0.3) is 10.9 Å². The summed E-state index contributed by atoms with van der Waals surface area (Å²) >= 11 is 0.172. The zero-order chi connectivity index (χ0) is 17.8. The number of thioether (sulfide) groups is 1. The summed E-state index contributed by atoms with van der Waals surface area (Å²) in [6.07, 6.45) is 2.82. The fourth-order valence-electron chi connectivity index (χ4n) is 2.26. The first-order valence-corrected chi connectivity index (χ1v) is 8.03. The number of fused-ring (bicyclic) bond motifs is 1. The molecule has 0 aliphatic rings. The molecule has 0 amide bonds. The van der Waals surface area contributed by atoms with Crippen LogP contribution >= 0.6 is 11.8 Å². The monoisotopic (exact) mass is 364 g/mol. The lowest BCUT2D eigenvalue weighted by Gasteiger charge is -2.10. The van der Waals surface area contributed by atoms with Gasteiger partial charge in [0.2, 0.25) is 0 Å². The van der Waals surface area contributed by atoms with Gasteiger partial charge in [-0.05, 0) is 42.1 Å². The quantitative estimate of drug-likeness (QED) is 0.495. The van der Waals surface area contributed by atoms with Crippen LogP contribution in [0.1, 0.15) is 15.9 Å². The number of esters is 1. The Labute approximate surface area is 145 Å². The molecule has 0 fully saturated rings. The van der Waals surface area contributed by atoms with Gasteiger partial charge < -0.3 is 4.74 Å². The highest BCUT2D eigenvalue weighted by Gasteiger charge is 2.18. The maximum atomic E-state index is 13.8. The zero-order valence-corrected chi connectivity index (χ0v) is 13.5. The van der Waals surface area contributed by atoms with Crippen LogP contribution < -0.4 is 0 Å². The number of alkyl halides is 2. The summed E-state index contributed by atoms with van der Waals surface area (Å²) in [4.78, 5) is 20.1. The van der Waals surface area contributed by atoms with Gasteiger partial charge in [-0.25, -0.2) is 14.2 Å². The number of hydrogen-bond donors (Lipinski definition) is 0. The van der Waals surface area contributed by atoms with Crippen molar-refractivity contribution in [3.8, 4) is 0 Å². The molecular formula is C17H11F3N2O2S. The normalized spacial score (nSPS) is 11.0. The van der Waals surface area contributed by atoms with Crippen LogP contribution in [0, 0.1) is 5.82 Å². The van der Waals surface area contributed by atoms with Gasteiger partial charge in [-0.3, -0.25) is 4.98 Å². The van der Waals surface area contributed by atoms with Gasteiger partial charge in [-0.15, -0.1) is 0 Å². The van der Waals surface area contributed by atoms with Gasteiger partial charge in [-0.2, -0.15) is 8.78 Å². The predicted octanol–water partition coefficient (Wildman–Crippen LogP) is 4.44. The molecule has 0 atom stereocenters. The molecule has 3 rings (SSSR count). The van der Waals surface area contributed by atoms with E-state index >= 15 is 0 Å². The molecule has 2 heterocycles. The Hall–Kier alpha value is -2.61. The van der Waals surface area contributed by atoms with Crippen molar-refractivity contribution in [3.63, 3.8) is 0 Å². The Balaban J connectivity index is 1.81. The van der Waals surface area contributed by atoms with Crippen molar-refractivity contribution in [2.24, 2.45) is 0 Å². The molecule has 0 bridgehead atoms. The Morgan fingerprint density at radius 2 is 1.88 bits per heavy atom. The number of rotatable bonds is 5. The first-order chi connectivity index (χ1) is 12.1. The summed E-state index contributed by atoms with van der Waals surface area (Å²) in [6.45, 7) is -0.166. The van der Waals surface area contributed by atoms with E-state index in [4.69, 9.17) is 4.74 Å². The van der Waals surface area contributed by atoms with Crippen molar-refractivity contribution in [1.82, 2.24) is 9.97 Å². The molecule has 0 aliphatic carbocycles. The van der Waals surface area contributed by atoms with E-state index in [9.17, 15) is 18.0 Å². The molecule has 0 radical (unpaired) electrons. The summed E-state index contributed by atoms with van der Waals surface area (Å²) in [7, 11) is 0. The lowest BCUT2D eigenvalue weighted by atomic mass is 10.1. The van der Waals surface area contributed by atoms with Crippen LogP contribution in [0.15, 0.2) is 53.8 Å². The topological polar surface area (TPSA) is 52.1 Å². The second-order valence-electron chi connectivity index (χ2n) is 4.92. The van der Waals surface area contributed by atoms with E-state index < -0.39 is 17.5 Å². The van der Waals surface area contributed by atoms with Crippen LogP contribution in [0.3, 0.4) is 0 Å². The molecule has 0 spiro atoms. The van der Waals surface area contributed by atoms with Crippen molar-refractivity contribution >= 4 is 28.6 Å². The Morgan fingerprint density at radius 3 is 2.68 bits per heavy atom. The molecule has 128 valence electrons. The Kier molecular flexibility index (Phi) is 5.18. The summed E-state index contributed by atoms with van der Waals surface area (Å²) in [5.74, 6) is -3.92. The fourth-order valence-corrected chi connectivity index (χ4v) is 2.83. The van der Waals surface area contributed by atoms with Crippen molar-refractivity contribution < 1.29 is 22.7 Å². The smallest absolute Gasteiger partial charge is 0.341 e. The maximum absolute atomic E-state index is 13.8. The number of halogens is 3. The number of nitrogens with zero attached hydrogens (tertiary/aromatic N) is 2. The molecule has 3 aromatic rings. The standard InChI is InChI=1S/C17H11F3N2O2S/c18-13-6-5-10(14-11(13)3-1-7-21-14)9-24-16(23)12-4-2-8-22-15(12)25-17(19)20/h1-8,17H,9H2. The van der Waals surface area contributed by atoms with Gasteiger partial charge in [-0.1, -0.05) is 6.07 Å². The number of carbonyl (C=O) groups excluding carboxylic acids is 1. The first-order valence-electron chi connectivity index (χ1n) is 7.15. The van der Waals surface area contributed by atoms with E-state index in [1.807, 2.05) is 0 Å². The molecule has 25 heavy (non-hydrogen) atoms. The van der Waals surface area contributed by atoms with Crippen LogP contribution in [-0.4, -0.2) is 21.7 Å². The molecule has 2 aromatic heterocycles. The molecule has 0 aliphatic heterocycles. The second-order valence-corrected chi connectivity index (χ2v) is 5.90. The summed E-state index contributed by atoms with van der Waals surface area (Å²) in [6, 6.07) is 8.72. The number of benzene rings is 1. The summed E-state index contributed by atoms with van der Waals surface area (Å²) < 4.78 is 44.1. The Bertz CT molecular complexity index is 921. The van der Waals surface area contributed by atoms with Crippen molar-refractivity contribution in [2.75, 3.05) is 0 Å². The Morgan fingerprint density at radius 1 is 1.12 bits per heavy atom. The van der Waals surface area contributed by atoms with Gasteiger partial charge in [0.25, 0.3) is 5.76 Å². The highest BCUT2D eigenvalue weighted by atomic mass is 32.2. The van der Waals surface area contributed by atoms with Gasteiger partial charge >= 0.3 is 5.97 Å². The number of ether oxygens (including phenoxy) is 1. The average Bonchev–Trinajstić information content (AvgIpc) is 2.61. The van der Waals surface area contributed by atoms with E-state index in [1.165, 1.54) is 36.7 Å². The minimum absolute atomic E-state index is 0.0489. The number of aromatic nitrogens is 2. The first kappa shape index (κ1) is 17.2. The largest absolute Gasteiger partial charge is 0.457 e. The van der Waals surface area contributed by atoms with Crippen LogP contribution in [0.4, 0.5) is 13.2 Å². The van der Waals surface area contributed by atoms with E-state index in [0.29, 0.717) is 16.5 Å². The van der Waals surface area contributed by atoms with E-state index in [2.05, 4.69) is 9.97 Å². The molecular weight excluding hydrogens is 353 g/mol. The highest BCUT2D eigenvalue weighted by Crippen LogP contribution is 2.27. The highest BCUT2D eigenvalue weighted by molar-refractivity contribution is 7.99. The zero-order valence-electron chi connectivity index (χ0n) is 12.7. The summed E-state index contributed by atoms with van der Waals surface area (Å²) in [5.41, 5.74) is 0.841. The molecule has 1 aromatic carbocycles. The molecule has 0 N–H and O–H groups in total. The number of pyridine rings is 2. The van der Waals surface area contributed by atoms with E-state index in [0.717, 1.165) is 0 Å². The van der Waals surface area contributed by atoms with Gasteiger partial charge in [0.15, 0.2) is 0 Å². The third-order valence-corrected chi connectivity index (χ3v) is 4.08. The average molecular weight is 364 g/mol. The molecule has 0 unspecified atom stereocenters. The molecule has 0 saturated carbocycles. The molecule has 0 saturated heterocycles. The van der Waals surface area contributed by atoms with E-state index in [-0.39, 0.29) is 29.0 Å². The minimum Gasteiger partial charge on any atom is -0.457 e. The van der Waals surface area contributed by atoms with Gasteiger partial charge in [0, 0.05) is 23.3 Å². The maximum Gasteiger partial charge on any atom is 0.341 e. The fraction of sp³-hybridized carbons (Fsp3) is 0.118. The predicted molar refractivity (Wildman–Crippen MR) is 86.9 cm³/mol. The van der Waals surface area contributed by atoms with Crippen LogP contribution in [0.5, 0.6) is 0 Å². The van der Waals surface area contributed by atoms with Crippen molar-refractivity contribution in [2.45, 2.75) is 17.4 Å². The second kappa shape index (κ2) is 7.52. The number of carbonyl (C=O) groups is 1. The van der Waals surface area contributed by atoms with Gasteiger partial charge in [0.05, 0.1) is 11.1 Å². The lowest BCUT2D eigenvalue weighted by molar-refractivity contribution is 0.0469. The van der Waals surface area contributed by atoms with Crippen LogP contribution in [0.2, 0.25) is 0 Å².